The lowest BCUT2D eigenvalue weighted by atomic mass is 10.2. The number of alkyl halides is 3. The highest BCUT2D eigenvalue weighted by Crippen LogP contribution is 2.36. The van der Waals surface area contributed by atoms with E-state index in [0.717, 1.165) is 23.9 Å². The molecule has 0 radical (unpaired) electrons. The standard InChI is InChI=1S/C18H13ClF4N4OS/c1-10-25-26-17(27(10)13-5-2-11(20)3-6-13)29-9-16(28)24-12-4-7-15(19)14(8-12)18(21,22)23/h2-8H,9H2,1H3,(H,24,28). The van der Waals surface area contributed by atoms with Crippen LogP contribution in [0.25, 0.3) is 5.69 Å². The van der Waals surface area contributed by atoms with E-state index in [0.29, 0.717) is 16.7 Å². The third kappa shape index (κ3) is 5.07. The Kier molecular flexibility index (Phi) is 6.13. The molecule has 1 amide bonds. The maximum absolute atomic E-state index is 13.1. The fourth-order valence-corrected chi connectivity index (χ4v) is 3.49. The van der Waals surface area contributed by atoms with Gasteiger partial charge in [0, 0.05) is 11.4 Å². The number of hydrogen-bond acceptors (Lipinski definition) is 4. The van der Waals surface area contributed by atoms with Gasteiger partial charge >= 0.3 is 6.18 Å². The van der Waals surface area contributed by atoms with Crippen molar-refractivity contribution in [1.29, 1.82) is 0 Å². The second-order valence-electron chi connectivity index (χ2n) is 5.87. The van der Waals surface area contributed by atoms with Crippen LogP contribution in [0.15, 0.2) is 47.6 Å². The van der Waals surface area contributed by atoms with Crippen molar-refractivity contribution in [2.24, 2.45) is 0 Å². The van der Waals surface area contributed by atoms with Gasteiger partial charge in [0.1, 0.15) is 11.6 Å². The zero-order valence-corrected chi connectivity index (χ0v) is 16.4. The maximum Gasteiger partial charge on any atom is 0.417 e. The Morgan fingerprint density at radius 1 is 1.17 bits per heavy atom. The van der Waals surface area contributed by atoms with Crippen molar-refractivity contribution in [1.82, 2.24) is 14.8 Å². The van der Waals surface area contributed by atoms with Crippen LogP contribution in [0, 0.1) is 12.7 Å². The molecule has 3 aromatic rings. The van der Waals surface area contributed by atoms with E-state index in [1.165, 1.54) is 18.2 Å². The zero-order chi connectivity index (χ0) is 21.2. The molecule has 11 heteroatoms. The minimum atomic E-state index is -4.63. The second kappa shape index (κ2) is 8.42. The predicted octanol–water partition coefficient (Wildman–Crippen LogP) is 5.12. The van der Waals surface area contributed by atoms with Crippen LogP contribution in [0.2, 0.25) is 5.02 Å². The summed E-state index contributed by atoms with van der Waals surface area (Å²) in [5.74, 6) is -0.512. The van der Waals surface area contributed by atoms with Gasteiger partial charge in [-0.2, -0.15) is 13.2 Å². The molecule has 0 aliphatic heterocycles. The number of carbonyl (C=O) groups excluding carboxylic acids is 1. The Hall–Kier alpha value is -2.59. The number of amides is 1. The van der Waals surface area contributed by atoms with Gasteiger partial charge in [-0.05, 0) is 49.4 Å². The van der Waals surface area contributed by atoms with E-state index in [9.17, 15) is 22.4 Å². The molecule has 1 N–H and O–H groups in total. The first-order valence-electron chi connectivity index (χ1n) is 8.12. The van der Waals surface area contributed by atoms with Crippen LogP contribution in [0.1, 0.15) is 11.4 Å². The summed E-state index contributed by atoms with van der Waals surface area (Å²) >= 11 is 6.61. The van der Waals surface area contributed by atoms with Crippen molar-refractivity contribution in [2.75, 3.05) is 11.1 Å². The van der Waals surface area contributed by atoms with Crippen molar-refractivity contribution in [3.63, 3.8) is 0 Å². The largest absolute Gasteiger partial charge is 0.417 e. The van der Waals surface area contributed by atoms with Gasteiger partial charge < -0.3 is 5.32 Å². The lowest BCUT2D eigenvalue weighted by Crippen LogP contribution is -2.15. The SMILES string of the molecule is Cc1nnc(SCC(=O)Nc2ccc(Cl)c(C(F)(F)F)c2)n1-c1ccc(F)cc1. The van der Waals surface area contributed by atoms with Crippen molar-refractivity contribution < 1.29 is 22.4 Å². The summed E-state index contributed by atoms with van der Waals surface area (Å²) in [5, 5.41) is 10.3. The number of hydrogen-bond donors (Lipinski definition) is 1. The van der Waals surface area contributed by atoms with E-state index in [-0.39, 0.29) is 11.4 Å². The van der Waals surface area contributed by atoms with Crippen LogP contribution in [0.5, 0.6) is 0 Å². The topological polar surface area (TPSA) is 59.8 Å². The summed E-state index contributed by atoms with van der Waals surface area (Å²) in [6.07, 6.45) is -4.63. The van der Waals surface area contributed by atoms with E-state index in [1.807, 2.05) is 0 Å². The van der Waals surface area contributed by atoms with Crippen LogP contribution < -0.4 is 5.32 Å². The van der Waals surface area contributed by atoms with Gasteiger partial charge in [0.05, 0.1) is 16.3 Å². The van der Waals surface area contributed by atoms with Gasteiger partial charge in [-0.3, -0.25) is 9.36 Å². The molecule has 2 aromatic carbocycles. The fourth-order valence-electron chi connectivity index (χ4n) is 2.47. The Morgan fingerprint density at radius 2 is 1.86 bits per heavy atom. The zero-order valence-electron chi connectivity index (χ0n) is 14.8. The van der Waals surface area contributed by atoms with Crippen molar-refractivity contribution in [3.05, 3.63) is 64.7 Å². The second-order valence-corrected chi connectivity index (χ2v) is 7.22. The Morgan fingerprint density at radius 3 is 2.52 bits per heavy atom. The Labute approximate surface area is 172 Å². The molecule has 0 unspecified atom stereocenters. The minimum Gasteiger partial charge on any atom is -0.325 e. The van der Waals surface area contributed by atoms with Gasteiger partial charge in [-0.15, -0.1) is 10.2 Å². The molecule has 0 fully saturated rings. The summed E-state index contributed by atoms with van der Waals surface area (Å²) in [5.41, 5.74) is -0.441. The molecular formula is C18H13ClF4N4OS. The molecular weight excluding hydrogens is 432 g/mol. The van der Waals surface area contributed by atoms with E-state index >= 15 is 0 Å². The first-order valence-corrected chi connectivity index (χ1v) is 9.49. The third-order valence-corrected chi connectivity index (χ3v) is 5.03. The molecule has 0 bridgehead atoms. The summed E-state index contributed by atoms with van der Waals surface area (Å²) < 4.78 is 53.6. The van der Waals surface area contributed by atoms with E-state index in [1.54, 1.807) is 23.6 Å². The summed E-state index contributed by atoms with van der Waals surface area (Å²) in [4.78, 5) is 12.2. The fraction of sp³-hybridized carbons (Fsp3) is 0.167. The van der Waals surface area contributed by atoms with Crippen molar-refractivity contribution >= 4 is 35.0 Å². The highest BCUT2D eigenvalue weighted by molar-refractivity contribution is 7.99. The lowest BCUT2D eigenvalue weighted by Gasteiger charge is -2.12. The molecule has 5 nitrogen and oxygen atoms in total. The highest BCUT2D eigenvalue weighted by Gasteiger charge is 2.33. The first-order chi connectivity index (χ1) is 13.6. The minimum absolute atomic E-state index is 0.0245. The van der Waals surface area contributed by atoms with Gasteiger partial charge in [-0.1, -0.05) is 23.4 Å². The van der Waals surface area contributed by atoms with Crippen LogP contribution in [-0.4, -0.2) is 26.4 Å². The highest BCUT2D eigenvalue weighted by atomic mass is 35.5. The number of nitrogens with one attached hydrogen (secondary N) is 1. The summed E-state index contributed by atoms with van der Waals surface area (Å²) in [6.45, 7) is 1.70. The molecule has 1 heterocycles. The number of halogens is 5. The quantitative estimate of drug-likeness (QED) is 0.438. The van der Waals surface area contributed by atoms with Crippen molar-refractivity contribution in [2.45, 2.75) is 18.3 Å². The number of anilines is 1. The molecule has 0 saturated heterocycles. The first kappa shape index (κ1) is 21.1. The molecule has 0 aliphatic carbocycles. The molecule has 152 valence electrons. The lowest BCUT2D eigenvalue weighted by molar-refractivity contribution is -0.137. The smallest absolute Gasteiger partial charge is 0.325 e. The average molecular weight is 445 g/mol. The number of carbonyl (C=O) groups is 1. The van der Waals surface area contributed by atoms with Crippen LogP contribution in [0.4, 0.5) is 23.2 Å². The van der Waals surface area contributed by atoms with E-state index < -0.39 is 28.5 Å². The number of rotatable bonds is 5. The Balaban J connectivity index is 1.70. The van der Waals surface area contributed by atoms with Gasteiger partial charge in [0.2, 0.25) is 5.91 Å². The molecule has 1 aromatic heterocycles. The van der Waals surface area contributed by atoms with Gasteiger partial charge in [0.25, 0.3) is 0 Å². The van der Waals surface area contributed by atoms with Crippen LogP contribution in [-0.2, 0) is 11.0 Å². The number of benzene rings is 2. The number of thioether (sulfide) groups is 1. The molecule has 29 heavy (non-hydrogen) atoms. The van der Waals surface area contributed by atoms with Crippen LogP contribution in [0.3, 0.4) is 0 Å². The summed E-state index contributed by atoms with van der Waals surface area (Å²) in [6, 6.07) is 8.79. The normalized spacial score (nSPS) is 11.5. The molecule has 3 rings (SSSR count). The Bertz CT molecular complexity index is 1040. The monoisotopic (exact) mass is 444 g/mol. The van der Waals surface area contributed by atoms with E-state index in [2.05, 4.69) is 15.5 Å². The van der Waals surface area contributed by atoms with Gasteiger partial charge in [-0.25, -0.2) is 4.39 Å². The molecule has 0 atom stereocenters. The summed E-state index contributed by atoms with van der Waals surface area (Å²) in [7, 11) is 0. The van der Waals surface area contributed by atoms with Crippen LogP contribution >= 0.6 is 23.4 Å². The third-order valence-electron chi connectivity index (χ3n) is 3.77. The molecule has 0 saturated carbocycles. The number of aromatic nitrogens is 3. The molecule has 0 aliphatic rings. The molecule has 0 spiro atoms. The van der Waals surface area contributed by atoms with Gasteiger partial charge in [0.15, 0.2) is 5.16 Å². The predicted molar refractivity (Wildman–Crippen MR) is 102 cm³/mol. The number of aryl methyl sites for hydroxylation is 1. The maximum atomic E-state index is 13.1. The number of nitrogens with zero attached hydrogens (tertiary/aromatic N) is 3. The average Bonchev–Trinajstić information content (AvgIpc) is 3.02. The van der Waals surface area contributed by atoms with E-state index in [4.69, 9.17) is 11.6 Å². The van der Waals surface area contributed by atoms with Crippen molar-refractivity contribution in [3.8, 4) is 5.69 Å².